The molecule has 0 saturated carbocycles. The first-order valence-corrected chi connectivity index (χ1v) is 9.91. The number of hydrogen-bond donors (Lipinski definition) is 1. The molecule has 0 spiro atoms. The summed E-state index contributed by atoms with van der Waals surface area (Å²) in [6.45, 7) is 7.21. The van der Waals surface area contributed by atoms with Gasteiger partial charge in [-0.3, -0.25) is 0 Å². The minimum atomic E-state index is 0.0628. The highest BCUT2D eigenvalue weighted by atomic mass is 14.7. The van der Waals surface area contributed by atoms with Crippen LogP contribution in [0.4, 0.5) is 0 Å². The summed E-state index contributed by atoms with van der Waals surface area (Å²) >= 11 is 0. The van der Waals surface area contributed by atoms with Crippen molar-refractivity contribution in [2.45, 2.75) is 38.0 Å². The number of para-hydroxylation sites is 1. The standard InChI is InChI=1S/C26H23N/c1-15-24-19-12-16-8-4-5-9-17(16)13-20(19)26(2,3)21(24)14-23-25(15)18-10-6-7-11-22(18)27-23/h4-15,24,27H,1-3H3. The summed E-state index contributed by atoms with van der Waals surface area (Å²) in [4.78, 5) is 3.68. The van der Waals surface area contributed by atoms with Gasteiger partial charge in [-0.1, -0.05) is 69.3 Å². The minimum Gasteiger partial charge on any atom is -0.355 e. The van der Waals surface area contributed by atoms with Crippen molar-refractivity contribution in [1.82, 2.24) is 4.98 Å². The Labute approximate surface area is 159 Å². The van der Waals surface area contributed by atoms with Gasteiger partial charge in [0.1, 0.15) is 0 Å². The predicted molar refractivity (Wildman–Crippen MR) is 114 cm³/mol. The molecule has 1 nitrogen and oxygen atoms in total. The zero-order valence-corrected chi connectivity index (χ0v) is 16.0. The number of benzene rings is 3. The van der Waals surface area contributed by atoms with E-state index in [-0.39, 0.29) is 5.41 Å². The number of fused-ring (bicyclic) bond motifs is 7. The number of hydrogen-bond acceptors (Lipinski definition) is 0. The molecule has 27 heavy (non-hydrogen) atoms. The molecule has 1 heteroatoms. The zero-order chi connectivity index (χ0) is 18.3. The maximum atomic E-state index is 3.68. The molecule has 0 bridgehead atoms. The first-order valence-electron chi connectivity index (χ1n) is 9.91. The van der Waals surface area contributed by atoms with Gasteiger partial charge in [0.25, 0.3) is 0 Å². The summed E-state index contributed by atoms with van der Waals surface area (Å²) in [7, 11) is 0. The highest BCUT2D eigenvalue weighted by Crippen LogP contribution is 2.59. The lowest BCUT2D eigenvalue weighted by atomic mass is 9.72. The summed E-state index contributed by atoms with van der Waals surface area (Å²) < 4.78 is 0. The Bertz CT molecular complexity index is 1270. The molecule has 1 heterocycles. The first-order chi connectivity index (χ1) is 13.1. The van der Waals surface area contributed by atoms with Crippen LogP contribution in [0.3, 0.4) is 0 Å². The average Bonchev–Trinajstić information content (AvgIpc) is 3.14. The van der Waals surface area contributed by atoms with Crippen molar-refractivity contribution in [3.05, 3.63) is 88.6 Å². The normalized spacial score (nSPS) is 22.4. The fourth-order valence-corrected chi connectivity index (χ4v) is 5.69. The van der Waals surface area contributed by atoms with Crippen LogP contribution >= 0.6 is 0 Å². The first kappa shape index (κ1) is 15.3. The molecule has 2 aliphatic carbocycles. The smallest absolute Gasteiger partial charge is 0.0461 e. The summed E-state index contributed by atoms with van der Waals surface area (Å²) in [6, 6.07) is 22.4. The fraction of sp³-hybridized carbons (Fsp3) is 0.231. The van der Waals surface area contributed by atoms with Crippen LogP contribution < -0.4 is 0 Å². The molecular formula is C26H23N. The number of nitrogens with one attached hydrogen (secondary N) is 1. The van der Waals surface area contributed by atoms with Gasteiger partial charge in [0, 0.05) is 27.9 Å². The van der Waals surface area contributed by atoms with Gasteiger partial charge in [0.05, 0.1) is 0 Å². The van der Waals surface area contributed by atoms with Gasteiger partial charge < -0.3 is 4.98 Å². The molecule has 2 atom stereocenters. The third-order valence-electron chi connectivity index (χ3n) is 7.01. The van der Waals surface area contributed by atoms with Crippen molar-refractivity contribution in [1.29, 1.82) is 0 Å². The summed E-state index contributed by atoms with van der Waals surface area (Å²) in [5.41, 5.74) is 8.68. The van der Waals surface area contributed by atoms with E-state index in [2.05, 4.69) is 92.5 Å². The lowest BCUT2D eigenvalue weighted by Crippen LogP contribution is -2.20. The van der Waals surface area contributed by atoms with Crippen molar-refractivity contribution in [2.24, 2.45) is 0 Å². The van der Waals surface area contributed by atoms with Gasteiger partial charge >= 0.3 is 0 Å². The quantitative estimate of drug-likeness (QED) is 0.355. The van der Waals surface area contributed by atoms with Gasteiger partial charge in [-0.15, -0.1) is 0 Å². The molecule has 0 fully saturated rings. The van der Waals surface area contributed by atoms with Crippen molar-refractivity contribution in [2.75, 3.05) is 0 Å². The lowest BCUT2D eigenvalue weighted by Gasteiger charge is -2.31. The second-order valence-corrected chi connectivity index (χ2v) is 8.78. The topological polar surface area (TPSA) is 15.8 Å². The Morgan fingerprint density at radius 2 is 1.59 bits per heavy atom. The molecule has 3 aromatic carbocycles. The third kappa shape index (κ3) is 1.84. The van der Waals surface area contributed by atoms with Crippen molar-refractivity contribution < 1.29 is 0 Å². The van der Waals surface area contributed by atoms with Gasteiger partial charge in [0.2, 0.25) is 0 Å². The number of H-pyrrole nitrogens is 1. The third-order valence-corrected chi connectivity index (χ3v) is 7.01. The molecule has 6 rings (SSSR count). The molecule has 1 N–H and O–H groups in total. The highest BCUT2D eigenvalue weighted by molar-refractivity contribution is 5.91. The monoisotopic (exact) mass is 349 g/mol. The number of allylic oxidation sites excluding steroid dienone is 1. The van der Waals surface area contributed by atoms with Crippen LogP contribution in [0, 0.1) is 0 Å². The molecule has 132 valence electrons. The maximum Gasteiger partial charge on any atom is 0.0461 e. The molecule has 0 aliphatic heterocycles. The van der Waals surface area contributed by atoms with E-state index in [0.717, 1.165) is 0 Å². The number of rotatable bonds is 0. The van der Waals surface area contributed by atoms with Crippen LogP contribution in [0.5, 0.6) is 0 Å². The van der Waals surface area contributed by atoms with Gasteiger partial charge in [-0.25, -0.2) is 0 Å². The highest BCUT2D eigenvalue weighted by Gasteiger charge is 2.46. The molecule has 4 aromatic rings. The van der Waals surface area contributed by atoms with E-state index >= 15 is 0 Å². The van der Waals surface area contributed by atoms with Gasteiger partial charge in [0.15, 0.2) is 0 Å². The molecule has 0 amide bonds. The van der Waals surface area contributed by atoms with E-state index in [9.17, 15) is 0 Å². The molecular weight excluding hydrogens is 326 g/mol. The Hall–Kier alpha value is -2.80. The summed E-state index contributed by atoms with van der Waals surface area (Å²) in [5, 5.41) is 4.08. The molecule has 1 aromatic heterocycles. The molecule has 0 saturated heterocycles. The van der Waals surface area contributed by atoms with E-state index in [1.165, 1.54) is 44.1 Å². The zero-order valence-electron chi connectivity index (χ0n) is 16.0. The van der Waals surface area contributed by atoms with Crippen LogP contribution in [0.2, 0.25) is 0 Å². The minimum absolute atomic E-state index is 0.0628. The van der Waals surface area contributed by atoms with Crippen LogP contribution in [-0.2, 0) is 5.41 Å². The lowest BCUT2D eigenvalue weighted by molar-refractivity contribution is 0.574. The molecule has 2 unspecified atom stereocenters. The summed E-state index contributed by atoms with van der Waals surface area (Å²) in [6.07, 6.45) is 2.45. The van der Waals surface area contributed by atoms with Crippen LogP contribution in [-0.4, -0.2) is 4.98 Å². The van der Waals surface area contributed by atoms with Crippen molar-refractivity contribution >= 4 is 27.8 Å². The van der Waals surface area contributed by atoms with E-state index in [1.807, 2.05) is 0 Å². The van der Waals surface area contributed by atoms with Crippen LogP contribution in [0.1, 0.15) is 55.0 Å². The second-order valence-electron chi connectivity index (χ2n) is 8.78. The average molecular weight is 349 g/mol. The fourth-order valence-electron chi connectivity index (χ4n) is 5.69. The number of aromatic amines is 1. The number of aromatic nitrogens is 1. The van der Waals surface area contributed by atoms with E-state index in [1.54, 1.807) is 5.57 Å². The molecule has 2 aliphatic rings. The van der Waals surface area contributed by atoms with E-state index in [0.29, 0.717) is 11.8 Å². The van der Waals surface area contributed by atoms with Crippen LogP contribution in [0.15, 0.2) is 66.2 Å². The Morgan fingerprint density at radius 3 is 2.41 bits per heavy atom. The van der Waals surface area contributed by atoms with Crippen molar-refractivity contribution in [3.8, 4) is 0 Å². The Morgan fingerprint density at radius 1 is 0.889 bits per heavy atom. The van der Waals surface area contributed by atoms with Gasteiger partial charge in [-0.05, 0) is 57.2 Å². The second kappa shape index (κ2) is 4.92. The van der Waals surface area contributed by atoms with Crippen LogP contribution in [0.25, 0.3) is 27.8 Å². The Balaban J connectivity index is 1.67. The molecule has 0 radical (unpaired) electrons. The van der Waals surface area contributed by atoms with Crippen molar-refractivity contribution in [3.63, 3.8) is 0 Å². The largest absolute Gasteiger partial charge is 0.355 e. The predicted octanol–water partition coefficient (Wildman–Crippen LogP) is 6.90. The van der Waals surface area contributed by atoms with Gasteiger partial charge in [-0.2, -0.15) is 0 Å². The van der Waals surface area contributed by atoms with E-state index in [4.69, 9.17) is 0 Å². The van der Waals surface area contributed by atoms with E-state index < -0.39 is 0 Å². The Kier molecular flexibility index (Phi) is 2.78. The maximum absolute atomic E-state index is 3.68. The summed E-state index contributed by atoms with van der Waals surface area (Å²) in [5.74, 6) is 0.934. The SMILES string of the molecule is CC1c2c([nH]c3ccccc23)C=C2C1c1cc3ccccc3cc1C2(C)C.